The first-order chi connectivity index (χ1) is 12.7. The molecule has 1 saturated carbocycles. The van der Waals surface area contributed by atoms with Crippen LogP contribution in [0, 0.1) is 0 Å². The van der Waals surface area contributed by atoms with Gasteiger partial charge in [-0.2, -0.15) is 0 Å². The normalized spacial score (nSPS) is 19.2. The molecule has 2 fully saturated rings. The Balaban J connectivity index is 1.52. The summed E-state index contributed by atoms with van der Waals surface area (Å²) in [7, 11) is 0. The molecule has 7 heteroatoms. The van der Waals surface area contributed by atoms with Gasteiger partial charge in [-0.3, -0.25) is 14.3 Å². The number of thioether (sulfide) groups is 1. The van der Waals surface area contributed by atoms with Crippen LogP contribution in [0.4, 0.5) is 0 Å². The van der Waals surface area contributed by atoms with Crippen molar-refractivity contribution in [2.75, 3.05) is 13.1 Å². The Morgan fingerprint density at radius 2 is 1.81 bits per heavy atom. The van der Waals surface area contributed by atoms with Crippen LogP contribution in [0.2, 0.25) is 0 Å². The summed E-state index contributed by atoms with van der Waals surface area (Å²) in [6, 6.07) is 4.38. The highest BCUT2D eigenvalue weighted by atomic mass is 32.2. The van der Waals surface area contributed by atoms with Crippen LogP contribution in [0.15, 0.2) is 29.7 Å². The number of amides is 1. The van der Waals surface area contributed by atoms with E-state index in [0.29, 0.717) is 6.04 Å². The first kappa shape index (κ1) is 17.5. The fraction of sp³-hybridized carbons (Fsp3) is 0.579. The number of aromatic nitrogens is 4. The Hall–Kier alpha value is -1.89. The summed E-state index contributed by atoms with van der Waals surface area (Å²) in [4.78, 5) is 19.0. The van der Waals surface area contributed by atoms with E-state index in [-0.39, 0.29) is 11.2 Å². The molecule has 2 aliphatic rings. The van der Waals surface area contributed by atoms with Crippen molar-refractivity contribution < 1.29 is 4.79 Å². The van der Waals surface area contributed by atoms with Gasteiger partial charge >= 0.3 is 0 Å². The predicted molar refractivity (Wildman–Crippen MR) is 102 cm³/mol. The molecule has 6 nitrogen and oxygen atoms in total. The van der Waals surface area contributed by atoms with Crippen LogP contribution in [-0.4, -0.2) is 48.9 Å². The van der Waals surface area contributed by atoms with Crippen molar-refractivity contribution in [2.24, 2.45) is 0 Å². The molecule has 1 amide bonds. The molecule has 138 valence electrons. The van der Waals surface area contributed by atoms with Crippen molar-refractivity contribution in [3.8, 4) is 11.4 Å². The van der Waals surface area contributed by atoms with E-state index >= 15 is 0 Å². The lowest BCUT2D eigenvalue weighted by molar-refractivity contribution is -0.130. The molecule has 2 aromatic rings. The summed E-state index contributed by atoms with van der Waals surface area (Å²) < 4.78 is 2.21. The van der Waals surface area contributed by atoms with Crippen molar-refractivity contribution in [3.05, 3.63) is 24.5 Å². The Labute approximate surface area is 158 Å². The van der Waals surface area contributed by atoms with Gasteiger partial charge in [-0.15, -0.1) is 10.2 Å². The van der Waals surface area contributed by atoms with Gasteiger partial charge in [-0.05, 0) is 44.7 Å². The molecular weight excluding hydrogens is 346 g/mol. The fourth-order valence-electron chi connectivity index (χ4n) is 3.47. The first-order valence-electron chi connectivity index (χ1n) is 9.55. The number of nitrogens with zero attached hydrogens (tertiary/aromatic N) is 5. The summed E-state index contributed by atoms with van der Waals surface area (Å²) in [6.07, 6.45) is 10.6. The van der Waals surface area contributed by atoms with Gasteiger partial charge in [-0.1, -0.05) is 24.6 Å². The highest BCUT2D eigenvalue weighted by Gasteiger charge is 2.32. The number of likely N-dealkylation sites (tertiary alicyclic amines) is 1. The third-order valence-electron chi connectivity index (χ3n) is 5.06. The second kappa shape index (κ2) is 7.78. The van der Waals surface area contributed by atoms with Gasteiger partial charge in [0.2, 0.25) is 5.91 Å². The minimum atomic E-state index is -0.139. The Bertz CT molecular complexity index is 751. The Kier molecular flexibility index (Phi) is 5.24. The SMILES string of the molecule is C[C@@H](Sc1nnc(-c2ccncc2)n1C1CC1)C(=O)N1CCCCCC1. The maximum absolute atomic E-state index is 12.9. The molecule has 0 N–H and O–H groups in total. The minimum absolute atomic E-state index is 0.139. The Morgan fingerprint density at radius 3 is 2.46 bits per heavy atom. The number of pyridine rings is 1. The van der Waals surface area contributed by atoms with Crippen molar-refractivity contribution in [1.29, 1.82) is 0 Å². The van der Waals surface area contributed by atoms with E-state index in [4.69, 9.17) is 0 Å². The topological polar surface area (TPSA) is 63.9 Å². The van der Waals surface area contributed by atoms with E-state index < -0.39 is 0 Å². The molecule has 26 heavy (non-hydrogen) atoms. The third-order valence-corrected chi connectivity index (χ3v) is 6.11. The zero-order chi connectivity index (χ0) is 17.9. The summed E-state index contributed by atoms with van der Waals surface area (Å²) >= 11 is 1.55. The first-order valence-corrected chi connectivity index (χ1v) is 10.4. The molecule has 0 bridgehead atoms. The van der Waals surface area contributed by atoms with Crippen molar-refractivity contribution in [3.63, 3.8) is 0 Å². The van der Waals surface area contributed by atoms with Crippen LogP contribution in [0.3, 0.4) is 0 Å². The van der Waals surface area contributed by atoms with Gasteiger partial charge in [0, 0.05) is 37.1 Å². The lowest BCUT2D eigenvalue weighted by Crippen LogP contribution is -2.37. The molecule has 4 rings (SSSR count). The fourth-order valence-corrected chi connectivity index (χ4v) is 4.48. The van der Waals surface area contributed by atoms with E-state index in [2.05, 4.69) is 19.7 Å². The van der Waals surface area contributed by atoms with E-state index in [0.717, 1.165) is 55.3 Å². The highest BCUT2D eigenvalue weighted by molar-refractivity contribution is 8.00. The van der Waals surface area contributed by atoms with Crippen LogP contribution < -0.4 is 0 Å². The van der Waals surface area contributed by atoms with Crippen LogP contribution in [0.25, 0.3) is 11.4 Å². The zero-order valence-electron chi connectivity index (χ0n) is 15.2. The number of hydrogen-bond acceptors (Lipinski definition) is 5. The maximum atomic E-state index is 12.9. The van der Waals surface area contributed by atoms with Crippen molar-refractivity contribution >= 4 is 17.7 Å². The van der Waals surface area contributed by atoms with Crippen LogP contribution >= 0.6 is 11.8 Å². The lowest BCUT2D eigenvalue weighted by Gasteiger charge is -2.23. The number of carbonyl (C=O) groups excluding carboxylic acids is 1. The van der Waals surface area contributed by atoms with Crippen LogP contribution in [0.1, 0.15) is 51.5 Å². The molecular formula is C19H25N5OS. The second-order valence-corrected chi connectivity index (χ2v) is 8.45. The standard InChI is InChI=1S/C19H25N5OS/c1-14(18(25)23-12-4-2-3-5-13-23)26-19-22-21-17(24(19)16-6-7-16)15-8-10-20-11-9-15/h8-11,14,16H,2-7,12-13H2,1H3/t14-/m1/s1. The summed E-state index contributed by atoms with van der Waals surface area (Å²) in [5.74, 6) is 1.11. The van der Waals surface area contributed by atoms with E-state index in [1.807, 2.05) is 24.0 Å². The zero-order valence-corrected chi connectivity index (χ0v) is 16.0. The number of rotatable bonds is 5. The lowest BCUT2D eigenvalue weighted by atomic mass is 10.2. The molecule has 1 saturated heterocycles. The molecule has 2 aromatic heterocycles. The average Bonchev–Trinajstić information content (AvgIpc) is 3.47. The molecule has 0 radical (unpaired) electrons. The second-order valence-electron chi connectivity index (χ2n) is 7.14. The van der Waals surface area contributed by atoms with Gasteiger partial charge < -0.3 is 4.90 Å². The van der Waals surface area contributed by atoms with Crippen LogP contribution in [0.5, 0.6) is 0 Å². The molecule has 0 spiro atoms. The molecule has 1 aliphatic heterocycles. The van der Waals surface area contributed by atoms with E-state index in [1.165, 1.54) is 12.8 Å². The Morgan fingerprint density at radius 1 is 1.12 bits per heavy atom. The summed E-state index contributed by atoms with van der Waals surface area (Å²) in [5, 5.41) is 9.57. The van der Waals surface area contributed by atoms with Crippen molar-refractivity contribution in [1.82, 2.24) is 24.6 Å². The largest absolute Gasteiger partial charge is 0.342 e. The number of carbonyl (C=O) groups is 1. The van der Waals surface area contributed by atoms with Gasteiger partial charge in [0.05, 0.1) is 5.25 Å². The molecule has 1 atom stereocenters. The average molecular weight is 372 g/mol. The van der Waals surface area contributed by atoms with E-state index in [1.54, 1.807) is 24.2 Å². The molecule has 0 unspecified atom stereocenters. The predicted octanol–water partition coefficient (Wildman–Crippen LogP) is 3.56. The number of hydrogen-bond donors (Lipinski definition) is 0. The smallest absolute Gasteiger partial charge is 0.235 e. The van der Waals surface area contributed by atoms with Crippen molar-refractivity contribution in [2.45, 2.75) is 61.9 Å². The monoisotopic (exact) mass is 371 g/mol. The maximum Gasteiger partial charge on any atom is 0.235 e. The summed E-state index contributed by atoms with van der Waals surface area (Å²) in [6.45, 7) is 3.78. The quantitative estimate of drug-likeness (QED) is 0.752. The van der Waals surface area contributed by atoms with Gasteiger partial charge in [0.1, 0.15) is 0 Å². The minimum Gasteiger partial charge on any atom is -0.342 e. The molecule has 1 aliphatic carbocycles. The van der Waals surface area contributed by atoms with E-state index in [9.17, 15) is 4.79 Å². The van der Waals surface area contributed by atoms with Crippen LogP contribution in [-0.2, 0) is 4.79 Å². The molecule has 0 aromatic carbocycles. The third kappa shape index (κ3) is 3.77. The molecule has 3 heterocycles. The van der Waals surface area contributed by atoms with Gasteiger partial charge in [0.15, 0.2) is 11.0 Å². The van der Waals surface area contributed by atoms with Gasteiger partial charge in [0.25, 0.3) is 0 Å². The highest BCUT2D eigenvalue weighted by Crippen LogP contribution is 2.41. The van der Waals surface area contributed by atoms with Gasteiger partial charge in [-0.25, -0.2) is 0 Å². The summed E-state index contributed by atoms with van der Waals surface area (Å²) in [5.41, 5.74) is 1.03.